The van der Waals surface area contributed by atoms with Crippen molar-refractivity contribution >= 4 is 11.0 Å². The summed E-state index contributed by atoms with van der Waals surface area (Å²) < 4.78 is 12.7. The highest BCUT2D eigenvalue weighted by Crippen LogP contribution is 2.31. The molecular weight excluding hydrogens is 392 g/mol. The molecule has 0 aliphatic heterocycles. The summed E-state index contributed by atoms with van der Waals surface area (Å²) in [6.45, 7) is 1.78. The maximum atomic E-state index is 12.8. The summed E-state index contributed by atoms with van der Waals surface area (Å²) in [6.07, 6.45) is 4.93. The summed E-state index contributed by atoms with van der Waals surface area (Å²) in [5.41, 5.74) is 4.02. The van der Waals surface area contributed by atoms with E-state index in [-0.39, 0.29) is 11.6 Å². The van der Waals surface area contributed by atoms with Gasteiger partial charge in [0.1, 0.15) is 11.4 Å². The Labute approximate surface area is 179 Å². The third-order valence-corrected chi connectivity index (χ3v) is 5.96. The fourth-order valence-corrected chi connectivity index (χ4v) is 4.39. The molecule has 5 rings (SSSR count). The Morgan fingerprint density at radius 1 is 1.13 bits per heavy atom. The molecule has 2 aromatic heterocycles. The molecule has 4 aromatic rings. The van der Waals surface area contributed by atoms with Gasteiger partial charge >= 0.3 is 0 Å². The van der Waals surface area contributed by atoms with E-state index in [1.54, 1.807) is 14.0 Å². The molecule has 1 fully saturated rings. The average Bonchev–Trinajstić information content (AvgIpc) is 3.47. The van der Waals surface area contributed by atoms with E-state index in [9.17, 15) is 4.79 Å². The van der Waals surface area contributed by atoms with Gasteiger partial charge in [-0.25, -0.2) is 4.98 Å². The van der Waals surface area contributed by atoms with Crippen LogP contribution in [0.2, 0.25) is 0 Å². The lowest BCUT2D eigenvalue weighted by Gasteiger charge is -2.17. The van der Waals surface area contributed by atoms with E-state index >= 15 is 0 Å². The maximum absolute atomic E-state index is 12.8. The molecule has 1 aliphatic carbocycles. The van der Waals surface area contributed by atoms with E-state index in [1.807, 2.05) is 47.0 Å². The first-order chi connectivity index (χ1) is 15.1. The van der Waals surface area contributed by atoms with Crippen molar-refractivity contribution in [2.24, 2.45) is 0 Å². The van der Waals surface area contributed by atoms with E-state index in [2.05, 4.69) is 15.1 Å². The summed E-state index contributed by atoms with van der Waals surface area (Å²) in [7, 11) is 1.64. The number of aryl methyl sites for hydroxylation is 1. The minimum Gasteiger partial charge on any atom is -0.497 e. The number of aromatic nitrogens is 4. The SMILES string of the molecule is COc1cccc(Cc2nc(-c3ccc4c(c3)nc(C)c(=O)n4C3CCCC3)no2)c1. The summed E-state index contributed by atoms with van der Waals surface area (Å²) in [5.74, 6) is 1.84. The standard InChI is InChI=1S/C24H24N4O3/c1-15-24(29)28(18-7-3-4-8-18)21-11-10-17(14-20(21)25-15)23-26-22(31-27-23)13-16-6-5-9-19(12-16)30-2/h5-6,9-12,14,18H,3-4,7-8,13H2,1-2H3. The quantitative estimate of drug-likeness (QED) is 0.477. The molecule has 158 valence electrons. The number of rotatable bonds is 5. The monoisotopic (exact) mass is 416 g/mol. The van der Waals surface area contributed by atoms with Crippen molar-refractivity contribution < 1.29 is 9.26 Å². The van der Waals surface area contributed by atoms with Gasteiger partial charge in [-0.05, 0) is 55.7 Å². The molecule has 2 aromatic carbocycles. The molecule has 7 heteroatoms. The molecule has 7 nitrogen and oxygen atoms in total. The van der Waals surface area contributed by atoms with Crippen molar-refractivity contribution in [2.75, 3.05) is 7.11 Å². The van der Waals surface area contributed by atoms with Crippen LogP contribution >= 0.6 is 0 Å². The zero-order valence-electron chi connectivity index (χ0n) is 17.7. The van der Waals surface area contributed by atoms with Gasteiger partial charge in [-0.1, -0.05) is 30.1 Å². The summed E-state index contributed by atoms with van der Waals surface area (Å²) in [4.78, 5) is 21.9. The lowest BCUT2D eigenvalue weighted by Crippen LogP contribution is -2.26. The van der Waals surface area contributed by atoms with Crippen LogP contribution in [0.25, 0.3) is 22.4 Å². The second-order valence-electron chi connectivity index (χ2n) is 8.05. The second-order valence-corrected chi connectivity index (χ2v) is 8.05. The van der Waals surface area contributed by atoms with Crippen LogP contribution in [0.3, 0.4) is 0 Å². The minimum absolute atomic E-state index is 0.00675. The van der Waals surface area contributed by atoms with E-state index in [0.29, 0.717) is 23.8 Å². The first-order valence-electron chi connectivity index (χ1n) is 10.6. The zero-order chi connectivity index (χ0) is 21.4. The highest BCUT2D eigenvalue weighted by molar-refractivity contribution is 5.80. The summed E-state index contributed by atoms with van der Waals surface area (Å²) >= 11 is 0. The molecular formula is C24H24N4O3. The van der Waals surface area contributed by atoms with Gasteiger partial charge in [-0.15, -0.1) is 0 Å². The Hall–Kier alpha value is -3.48. The van der Waals surface area contributed by atoms with Crippen molar-refractivity contribution in [3.8, 4) is 17.1 Å². The number of hydrogen-bond donors (Lipinski definition) is 0. The van der Waals surface area contributed by atoms with Crippen LogP contribution in [0.15, 0.2) is 51.8 Å². The molecule has 1 saturated carbocycles. The van der Waals surface area contributed by atoms with E-state index in [1.165, 1.54) is 0 Å². The molecule has 2 heterocycles. The molecule has 0 bridgehead atoms. The van der Waals surface area contributed by atoms with Gasteiger partial charge in [-0.2, -0.15) is 4.98 Å². The molecule has 0 atom stereocenters. The lowest BCUT2D eigenvalue weighted by molar-refractivity contribution is 0.385. The molecule has 0 saturated heterocycles. The number of benzene rings is 2. The number of ether oxygens (including phenoxy) is 1. The molecule has 0 amide bonds. The lowest BCUT2D eigenvalue weighted by atomic mass is 10.1. The predicted octanol–water partition coefficient (Wildman–Crippen LogP) is 4.47. The van der Waals surface area contributed by atoms with Gasteiger partial charge < -0.3 is 13.8 Å². The maximum Gasteiger partial charge on any atom is 0.272 e. The Morgan fingerprint density at radius 2 is 1.97 bits per heavy atom. The Kier molecular flexibility index (Phi) is 5.02. The average molecular weight is 416 g/mol. The van der Waals surface area contributed by atoms with Gasteiger partial charge in [0.15, 0.2) is 0 Å². The van der Waals surface area contributed by atoms with Gasteiger partial charge in [0.25, 0.3) is 5.56 Å². The number of hydrogen-bond acceptors (Lipinski definition) is 6. The fourth-order valence-electron chi connectivity index (χ4n) is 4.39. The van der Waals surface area contributed by atoms with E-state index < -0.39 is 0 Å². The molecule has 1 aliphatic rings. The van der Waals surface area contributed by atoms with Gasteiger partial charge in [0, 0.05) is 11.6 Å². The number of methoxy groups -OCH3 is 1. The van der Waals surface area contributed by atoms with Gasteiger partial charge in [-0.3, -0.25) is 4.79 Å². The predicted molar refractivity (Wildman–Crippen MR) is 117 cm³/mol. The van der Waals surface area contributed by atoms with Crippen LogP contribution in [0, 0.1) is 6.92 Å². The number of fused-ring (bicyclic) bond motifs is 1. The van der Waals surface area contributed by atoms with Crippen LogP contribution in [-0.4, -0.2) is 26.8 Å². The zero-order valence-corrected chi connectivity index (χ0v) is 17.7. The third-order valence-electron chi connectivity index (χ3n) is 5.96. The van der Waals surface area contributed by atoms with Crippen LogP contribution < -0.4 is 10.3 Å². The van der Waals surface area contributed by atoms with Crippen molar-refractivity contribution in [2.45, 2.75) is 45.1 Å². The fraction of sp³-hybridized carbons (Fsp3) is 0.333. The van der Waals surface area contributed by atoms with Crippen molar-refractivity contribution in [3.63, 3.8) is 0 Å². The molecule has 31 heavy (non-hydrogen) atoms. The first-order valence-corrected chi connectivity index (χ1v) is 10.6. The topological polar surface area (TPSA) is 83.0 Å². The van der Waals surface area contributed by atoms with Crippen LogP contribution in [0.5, 0.6) is 5.75 Å². The van der Waals surface area contributed by atoms with Crippen LogP contribution in [0.4, 0.5) is 0 Å². The Balaban J connectivity index is 1.48. The minimum atomic E-state index is 0.00675. The smallest absolute Gasteiger partial charge is 0.272 e. The first kappa shape index (κ1) is 19.5. The molecule has 0 spiro atoms. The third kappa shape index (κ3) is 3.71. The van der Waals surface area contributed by atoms with Crippen molar-refractivity contribution in [3.05, 3.63) is 70.0 Å². The van der Waals surface area contributed by atoms with E-state index in [4.69, 9.17) is 9.26 Å². The molecule has 0 N–H and O–H groups in total. The largest absolute Gasteiger partial charge is 0.497 e. The van der Waals surface area contributed by atoms with Gasteiger partial charge in [0.2, 0.25) is 11.7 Å². The number of nitrogens with zero attached hydrogens (tertiary/aromatic N) is 4. The van der Waals surface area contributed by atoms with Crippen molar-refractivity contribution in [1.29, 1.82) is 0 Å². The second kappa shape index (κ2) is 7.98. The Morgan fingerprint density at radius 3 is 2.77 bits per heavy atom. The Bertz CT molecular complexity index is 1300. The summed E-state index contributed by atoms with van der Waals surface area (Å²) in [6, 6.07) is 13.9. The van der Waals surface area contributed by atoms with E-state index in [0.717, 1.165) is 53.6 Å². The summed E-state index contributed by atoms with van der Waals surface area (Å²) in [5, 5.41) is 4.16. The molecule has 0 radical (unpaired) electrons. The highest BCUT2D eigenvalue weighted by atomic mass is 16.5. The van der Waals surface area contributed by atoms with Crippen molar-refractivity contribution in [1.82, 2.24) is 19.7 Å². The molecule has 0 unspecified atom stereocenters. The normalized spacial score (nSPS) is 14.4. The van der Waals surface area contributed by atoms with Gasteiger partial charge in [0.05, 0.1) is 24.6 Å². The van der Waals surface area contributed by atoms with Crippen LogP contribution in [0.1, 0.15) is 48.9 Å². The highest BCUT2D eigenvalue weighted by Gasteiger charge is 2.22. The van der Waals surface area contributed by atoms with Crippen LogP contribution in [-0.2, 0) is 6.42 Å².